The monoisotopic (exact) mass is 365 g/mol. The second kappa shape index (κ2) is 7.40. The quantitative estimate of drug-likeness (QED) is 0.845. The molecule has 3 heterocycles. The highest BCUT2D eigenvalue weighted by atomic mass is 32.2. The predicted molar refractivity (Wildman–Crippen MR) is 103 cm³/mol. The highest BCUT2D eigenvalue weighted by Crippen LogP contribution is 2.41. The summed E-state index contributed by atoms with van der Waals surface area (Å²) in [7, 11) is 0. The fraction of sp³-hybridized carbons (Fsp3) is 0.300. The number of pyridine rings is 1. The van der Waals surface area contributed by atoms with Crippen LogP contribution in [0.25, 0.3) is 0 Å². The summed E-state index contributed by atoms with van der Waals surface area (Å²) < 4.78 is 5.43. The van der Waals surface area contributed by atoms with Crippen molar-refractivity contribution in [2.24, 2.45) is 0 Å². The minimum absolute atomic E-state index is 0.0630. The molecule has 0 aliphatic carbocycles. The van der Waals surface area contributed by atoms with Crippen molar-refractivity contribution in [3.05, 3.63) is 42.1 Å². The van der Waals surface area contributed by atoms with Gasteiger partial charge >= 0.3 is 0 Å². The summed E-state index contributed by atoms with van der Waals surface area (Å²) in [4.78, 5) is 21.2. The Morgan fingerprint density at radius 1 is 1.38 bits per heavy atom. The molecule has 1 amide bonds. The molecule has 0 spiro atoms. The van der Waals surface area contributed by atoms with E-state index in [1.165, 1.54) is 0 Å². The Kier molecular flexibility index (Phi) is 4.83. The number of benzene rings is 1. The van der Waals surface area contributed by atoms with Gasteiger partial charge in [0.05, 0.1) is 41.5 Å². The molecule has 2 aliphatic rings. The number of ether oxygens (including phenoxy) is 1. The standard InChI is InChI=1S/C20H19N3O2S/c1-2-3-9-23-19-18(26-17-7-5-4-6-16(17)20(23)24)11-15(12-21-19)22-14-8-10-25-13-14/h4-7,11-12,14,22H,8-10,13H2,1H3. The number of amides is 1. The fourth-order valence-electron chi connectivity index (χ4n) is 3.08. The van der Waals surface area contributed by atoms with E-state index >= 15 is 0 Å². The van der Waals surface area contributed by atoms with Crippen LogP contribution < -0.4 is 10.2 Å². The third kappa shape index (κ3) is 3.28. The predicted octanol–water partition coefficient (Wildman–Crippen LogP) is 3.42. The van der Waals surface area contributed by atoms with E-state index in [1.807, 2.05) is 24.3 Å². The molecular weight excluding hydrogens is 346 g/mol. The average Bonchev–Trinajstić information content (AvgIpc) is 3.13. The van der Waals surface area contributed by atoms with Crippen LogP contribution in [0.3, 0.4) is 0 Å². The number of rotatable bonds is 3. The van der Waals surface area contributed by atoms with Crippen LogP contribution in [0.4, 0.5) is 11.5 Å². The van der Waals surface area contributed by atoms with Gasteiger partial charge in [-0.1, -0.05) is 29.8 Å². The first-order chi connectivity index (χ1) is 12.8. The molecule has 2 aliphatic heterocycles. The van der Waals surface area contributed by atoms with E-state index in [-0.39, 0.29) is 5.91 Å². The lowest BCUT2D eigenvalue weighted by Crippen LogP contribution is -2.32. The van der Waals surface area contributed by atoms with Crippen LogP contribution in [0.1, 0.15) is 23.7 Å². The van der Waals surface area contributed by atoms with Crippen molar-refractivity contribution in [1.29, 1.82) is 0 Å². The second-order valence-corrected chi connectivity index (χ2v) is 7.25. The van der Waals surface area contributed by atoms with Gasteiger partial charge in [0.25, 0.3) is 5.91 Å². The van der Waals surface area contributed by atoms with E-state index in [0.717, 1.165) is 28.5 Å². The first kappa shape index (κ1) is 17.0. The van der Waals surface area contributed by atoms with Crippen molar-refractivity contribution in [3.8, 4) is 11.8 Å². The Hall–Kier alpha value is -2.49. The zero-order valence-corrected chi connectivity index (χ0v) is 15.3. The summed E-state index contributed by atoms with van der Waals surface area (Å²) in [6, 6.07) is 10.0. The Morgan fingerprint density at radius 2 is 2.27 bits per heavy atom. The summed E-state index contributed by atoms with van der Waals surface area (Å²) in [6.07, 6.45) is 2.77. The summed E-state index contributed by atoms with van der Waals surface area (Å²) >= 11 is 1.57. The molecule has 4 rings (SSSR count). The van der Waals surface area contributed by atoms with Gasteiger partial charge in [0.15, 0.2) is 5.82 Å². The first-order valence-corrected chi connectivity index (χ1v) is 9.40. The number of hydrogen-bond donors (Lipinski definition) is 1. The van der Waals surface area contributed by atoms with Gasteiger partial charge in [0.2, 0.25) is 0 Å². The molecular formula is C20H19N3O2S. The van der Waals surface area contributed by atoms with Gasteiger partial charge in [-0.05, 0) is 31.5 Å². The van der Waals surface area contributed by atoms with Crippen molar-refractivity contribution in [2.75, 3.05) is 30.0 Å². The maximum atomic E-state index is 13.0. The van der Waals surface area contributed by atoms with Gasteiger partial charge in [-0.3, -0.25) is 9.69 Å². The zero-order chi connectivity index (χ0) is 17.9. The van der Waals surface area contributed by atoms with E-state index in [9.17, 15) is 4.79 Å². The normalized spacial score (nSPS) is 18.4. The van der Waals surface area contributed by atoms with Crippen molar-refractivity contribution < 1.29 is 9.53 Å². The van der Waals surface area contributed by atoms with Crippen molar-refractivity contribution >= 4 is 29.2 Å². The lowest BCUT2D eigenvalue weighted by Gasteiger charge is -2.20. The molecule has 1 saturated heterocycles. The number of nitrogens with zero attached hydrogens (tertiary/aromatic N) is 2. The minimum atomic E-state index is -0.0630. The lowest BCUT2D eigenvalue weighted by molar-refractivity contribution is 0.0986. The number of hydrogen-bond acceptors (Lipinski definition) is 5. The average molecular weight is 365 g/mol. The van der Waals surface area contributed by atoms with E-state index in [4.69, 9.17) is 4.74 Å². The highest BCUT2D eigenvalue weighted by molar-refractivity contribution is 7.99. The first-order valence-electron chi connectivity index (χ1n) is 8.59. The molecule has 0 bridgehead atoms. The zero-order valence-electron chi connectivity index (χ0n) is 14.5. The number of aromatic nitrogens is 1. The van der Waals surface area contributed by atoms with Crippen molar-refractivity contribution in [2.45, 2.75) is 29.2 Å². The molecule has 132 valence electrons. The maximum Gasteiger partial charge on any atom is 0.261 e. The molecule has 0 saturated carbocycles. The van der Waals surface area contributed by atoms with Crippen LogP contribution in [0, 0.1) is 11.8 Å². The fourth-order valence-corrected chi connectivity index (χ4v) is 4.16. The van der Waals surface area contributed by atoms with Crippen LogP contribution >= 0.6 is 11.8 Å². The number of nitrogens with one attached hydrogen (secondary N) is 1. The molecule has 26 heavy (non-hydrogen) atoms. The lowest BCUT2D eigenvalue weighted by atomic mass is 10.2. The van der Waals surface area contributed by atoms with Crippen LogP contribution in [-0.2, 0) is 4.74 Å². The Morgan fingerprint density at radius 3 is 3.08 bits per heavy atom. The van der Waals surface area contributed by atoms with Crippen molar-refractivity contribution in [3.63, 3.8) is 0 Å². The molecule has 1 aromatic heterocycles. The van der Waals surface area contributed by atoms with E-state index in [1.54, 1.807) is 29.8 Å². The number of carbonyl (C=O) groups is 1. The summed E-state index contributed by atoms with van der Waals surface area (Å²) in [6.45, 7) is 3.60. The molecule has 5 nitrogen and oxygen atoms in total. The Balaban J connectivity index is 1.74. The van der Waals surface area contributed by atoms with Gasteiger partial charge < -0.3 is 10.1 Å². The van der Waals surface area contributed by atoms with E-state index in [0.29, 0.717) is 30.6 Å². The summed E-state index contributed by atoms with van der Waals surface area (Å²) in [5.74, 6) is 6.46. The highest BCUT2D eigenvalue weighted by Gasteiger charge is 2.28. The molecule has 1 atom stereocenters. The van der Waals surface area contributed by atoms with Gasteiger partial charge in [0, 0.05) is 11.5 Å². The molecule has 1 N–H and O–H groups in total. The van der Waals surface area contributed by atoms with Gasteiger partial charge in [0.1, 0.15) is 0 Å². The number of fused-ring (bicyclic) bond motifs is 2. The molecule has 6 heteroatoms. The third-order valence-corrected chi connectivity index (χ3v) is 5.48. The van der Waals surface area contributed by atoms with E-state index in [2.05, 4.69) is 28.2 Å². The summed E-state index contributed by atoms with van der Waals surface area (Å²) in [5.41, 5.74) is 1.63. The van der Waals surface area contributed by atoms with Crippen LogP contribution in [-0.4, -0.2) is 36.7 Å². The minimum Gasteiger partial charge on any atom is -0.379 e. The molecule has 1 aromatic carbocycles. The van der Waals surface area contributed by atoms with Crippen LogP contribution in [0.5, 0.6) is 0 Å². The van der Waals surface area contributed by atoms with Crippen molar-refractivity contribution in [1.82, 2.24) is 4.98 Å². The molecule has 1 fully saturated rings. The van der Waals surface area contributed by atoms with Gasteiger partial charge in [-0.25, -0.2) is 4.98 Å². The smallest absolute Gasteiger partial charge is 0.261 e. The SMILES string of the molecule is CC#CCN1C(=O)c2ccccc2Sc2cc(NC3CCOC3)cnc21. The van der Waals surface area contributed by atoms with Crippen LogP contribution in [0.2, 0.25) is 0 Å². The molecule has 1 unspecified atom stereocenters. The molecule has 2 aromatic rings. The third-order valence-electron chi connectivity index (χ3n) is 4.39. The largest absolute Gasteiger partial charge is 0.379 e. The topological polar surface area (TPSA) is 54.5 Å². The Labute approximate surface area is 157 Å². The van der Waals surface area contributed by atoms with Crippen LogP contribution in [0.15, 0.2) is 46.3 Å². The maximum absolute atomic E-state index is 13.0. The summed E-state index contributed by atoms with van der Waals surface area (Å²) in [5, 5.41) is 3.47. The van der Waals surface area contributed by atoms with Gasteiger partial charge in [-0.15, -0.1) is 5.92 Å². The number of carbonyl (C=O) groups excluding carboxylic acids is 1. The van der Waals surface area contributed by atoms with Gasteiger partial charge in [-0.2, -0.15) is 0 Å². The second-order valence-electron chi connectivity index (χ2n) is 6.17. The number of anilines is 2. The Bertz CT molecular complexity index is 897. The van der Waals surface area contributed by atoms with E-state index < -0.39 is 0 Å². The molecule has 0 radical (unpaired) electrons.